The smallest absolute Gasteiger partial charge is 0.246 e. The predicted octanol–water partition coefficient (Wildman–Crippen LogP) is -0.438. The number of aromatic nitrogens is 2. The molecule has 1 fully saturated rings. The highest BCUT2D eigenvalue weighted by atomic mass is 32.2. The van der Waals surface area contributed by atoms with Crippen molar-refractivity contribution in [1.82, 2.24) is 14.3 Å². The fourth-order valence-electron chi connectivity index (χ4n) is 1.85. The van der Waals surface area contributed by atoms with Gasteiger partial charge < -0.3 is 4.74 Å². The number of ether oxygens (including phenoxy) is 1. The molecule has 0 aromatic carbocycles. The minimum Gasteiger partial charge on any atom is -0.373 e. The van der Waals surface area contributed by atoms with E-state index < -0.39 is 15.6 Å². The molecule has 2 heterocycles. The maximum atomic E-state index is 12.4. The van der Waals surface area contributed by atoms with Crippen molar-refractivity contribution in [1.29, 1.82) is 0 Å². The zero-order valence-electron chi connectivity index (χ0n) is 10.8. The van der Waals surface area contributed by atoms with E-state index in [2.05, 4.69) is 15.4 Å². The highest BCUT2D eigenvalue weighted by molar-refractivity contribution is 7.89. The number of sulfonamides is 1. The van der Waals surface area contributed by atoms with Crippen LogP contribution in [0.1, 0.15) is 13.8 Å². The van der Waals surface area contributed by atoms with Crippen molar-refractivity contribution in [3.05, 3.63) is 12.4 Å². The molecule has 0 unspecified atom stereocenters. The van der Waals surface area contributed by atoms with Crippen LogP contribution in [0.5, 0.6) is 0 Å². The van der Waals surface area contributed by atoms with E-state index in [0.717, 1.165) is 0 Å². The summed E-state index contributed by atoms with van der Waals surface area (Å²) in [7, 11) is -3.60. The Balaban J connectivity index is 2.26. The average Bonchev–Trinajstić information content (AvgIpc) is 2.37. The van der Waals surface area contributed by atoms with E-state index in [9.17, 15) is 8.42 Å². The van der Waals surface area contributed by atoms with Crippen molar-refractivity contribution in [3.63, 3.8) is 0 Å². The summed E-state index contributed by atoms with van der Waals surface area (Å²) in [5, 5.41) is 0. The number of morpholine rings is 1. The summed E-state index contributed by atoms with van der Waals surface area (Å²) in [4.78, 5) is 7.67. The van der Waals surface area contributed by atoms with Crippen molar-refractivity contribution in [2.24, 2.45) is 5.84 Å². The Hall–Kier alpha value is -1.29. The number of anilines is 1. The molecule has 1 aliphatic rings. The van der Waals surface area contributed by atoms with Crippen LogP contribution in [-0.2, 0) is 14.8 Å². The van der Waals surface area contributed by atoms with Crippen molar-refractivity contribution in [3.8, 4) is 0 Å². The van der Waals surface area contributed by atoms with Crippen LogP contribution in [0.4, 0.5) is 5.95 Å². The molecule has 0 spiro atoms. The fourth-order valence-corrected chi connectivity index (χ4v) is 3.32. The van der Waals surface area contributed by atoms with E-state index >= 15 is 0 Å². The molecule has 9 heteroatoms. The van der Waals surface area contributed by atoms with Crippen molar-refractivity contribution in [2.45, 2.75) is 24.3 Å². The molecular formula is C10H17N5O3S. The van der Waals surface area contributed by atoms with Crippen molar-refractivity contribution >= 4 is 16.0 Å². The third kappa shape index (κ3) is 3.00. The lowest BCUT2D eigenvalue weighted by Crippen LogP contribution is -2.50. The number of rotatable bonds is 3. The first-order chi connectivity index (χ1) is 8.85. The van der Waals surface area contributed by atoms with Crippen molar-refractivity contribution < 1.29 is 13.2 Å². The number of hydrogen-bond acceptors (Lipinski definition) is 7. The lowest BCUT2D eigenvalue weighted by Gasteiger charge is -2.37. The Morgan fingerprint density at radius 3 is 2.58 bits per heavy atom. The summed E-state index contributed by atoms with van der Waals surface area (Å²) < 4.78 is 31.7. The molecule has 3 N–H and O–H groups in total. The molecule has 0 atom stereocenters. The summed E-state index contributed by atoms with van der Waals surface area (Å²) in [6, 6.07) is 0. The van der Waals surface area contributed by atoms with Gasteiger partial charge in [0.25, 0.3) is 0 Å². The van der Waals surface area contributed by atoms with Gasteiger partial charge in [-0.3, -0.25) is 5.43 Å². The molecule has 0 bridgehead atoms. The lowest BCUT2D eigenvalue weighted by molar-refractivity contribution is -0.0640. The summed E-state index contributed by atoms with van der Waals surface area (Å²) in [6.45, 7) is 4.70. The fraction of sp³-hybridized carbons (Fsp3) is 0.600. The van der Waals surface area contributed by atoms with Gasteiger partial charge in [-0.25, -0.2) is 24.2 Å². The van der Waals surface area contributed by atoms with Crippen molar-refractivity contribution in [2.75, 3.05) is 25.1 Å². The first-order valence-corrected chi connectivity index (χ1v) is 7.22. The number of nitrogens with zero attached hydrogens (tertiary/aromatic N) is 3. The summed E-state index contributed by atoms with van der Waals surface area (Å²) in [6.07, 6.45) is 2.47. The molecule has 106 valence electrons. The molecule has 1 saturated heterocycles. The zero-order valence-corrected chi connectivity index (χ0v) is 11.6. The van der Waals surface area contributed by atoms with Crippen LogP contribution in [0.3, 0.4) is 0 Å². The Kier molecular flexibility index (Phi) is 3.72. The number of hydrogen-bond donors (Lipinski definition) is 2. The van der Waals surface area contributed by atoms with Gasteiger partial charge in [0.05, 0.1) is 24.6 Å². The molecule has 0 aliphatic carbocycles. The third-order valence-corrected chi connectivity index (χ3v) is 4.58. The Bertz CT molecular complexity index is 543. The third-order valence-electron chi connectivity index (χ3n) is 2.79. The van der Waals surface area contributed by atoms with Gasteiger partial charge in [-0.05, 0) is 13.8 Å². The van der Waals surface area contributed by atoms with Crippen LogP contribution >= 0.6 is 0 Å². The molecule has 0 radical (unpaired) electrons. The quantitative estimate of drug-likeness (QED) is 0.573. The maximum Gasteiger partial charge on any atom is 0.246 e. The van der Waals surface area contributed by atoms with Gasteiger partial charge in [0.2, 0.25) is 16.0 Å². The largest absolute Gasteiger partial charge is 0.373 e. The van der Waals surface area contributed by atoms with Crippen LogP contribution < -0.4 is 11.3 Å². The van der Waals surface area contributed by atoms with Gasteiger partial charge in [-0.2, -0.15) is 4.31 Å². The number of hydrazine groups is 1. The molecule has 1 aromatic heterocycles. The highest BCUT2D eigenvalue weighted by Gasteiger charge is 2.35. The normalized spacial score (nSPS) is 20.2. The van der Waals surface area contributed by atoms with E-state index in [1.54, 1.807) is 0 Å². The molecule has 0 saturated carbocycles. The predicted molar refractivity (Wildman–Crippen MR) is 68.6 cm³/mol. The molecule has 8 nitrogen and oxygen atoms in total. The first kappa shape index (κ1) is 14.1. The zero-order chi connectivity index (χ0) is 14.1. The summed E-state index contributed by atoms with van der Waals surface area (Å²) >= 11 is 0. The summed E-state index contributed by atoms with van der Waals surface area (Å²) in [5.41, 5.74) is 1.75. The van der Waals surface area contributed by atoms with Gasteiger partial charge >= 0.3 is 0 Å². The van der Waals surface area contributed by atoms with Crippen LogP contribution in [-0.4, -0.2) is 48.0 Å². The van der Waals surface area contributed by atoms with Gasteiger partial charge in [-0.1, -0.05) is 0 Å². The van der Waals surface area contributed by atoms with Crippen LogP contribution in [0.15, 0.2) is 17.3 Å². The molecule has 2 rings (SSSR count). The van der Waals surface area contributed by atoms with Gasteiger partial charge in [0, 0.05) is 13.1 Å². The van der Waals surface area contributed by atoms with E-state index in [4.69, 9.17) is 10.6 Å². The molecule has 1 aliphatic heterocycles. The Morgan fingerprint density at radius 1 is 1.42 bits per heavy atom. The van der Waals surface area contributed by atoms with Crippen LogP contribution in [0, 0.1) is 0 Å². The number of nitrogens with two attached hydrogens (primary N) is 1. The second-order valence-corrected chi connectivity index (χ2v) is 6.77. The van der Waals surface area contributed by atoms with Gasteiger partial charge in [0.1, 0.15) is 4.90 Å². The Morgan fingerprint density at radius 2 is 2.05 bits per heavy atom. The molecular weight excluding hydrogens is 270 g/mol. The molecule has 0 amide bonds. The minimum atomic E-state index is -3.60. The van der Waals surface area contributed by atoms with E-state index in [1.165, 1.54) is 16.7 Å². The lowest BCUT2D eigenvalue weighted by atomic mass is 10.1. The molecule has 1 aromatic rings. The van der Waals surface area contributed by atoms with Crippen LogP contribution in [0.25, 0.3) is 0 Å². The van der Waals surface area contributed by atoms with E-state index in [0.29, 0.717) is 19.7 Å². The number of nitrogen functional groups attached to an aromatic ring is 1. The number of nitrogens with one attached hydrogen (secondary N) is 1. The van der Waals surface area contributed by atoms with Gasteiger partial charge in [-0.15, -0.1) is 0 Å². The average molecular weight is 287 g/mol. The van der Waals surface area contributed by atoms with Crippen LogP contribution in [0.2, 0.25) is 0 Å². The maximum absolute atomic E-state index is 12.4. The summed E-state index contributed by atoms with van der Waals surface area (Å²) in [5.74, 6) is 5.30. The van der Waals surface area contributed by atoms with Gasteiger partial charge in [0.15, 0.2) is 0 Å². The monoisotopic (exact) mass is 287 g/mol. The minimum absolute atomic E-state index is 0.0456. The first-order valence-electron chi connectivity index (χ1n) is 5.78. The highest BCUT2D eigenvalue weighted by Crippen LogP contribution is 2.22. The Labute approximate surface area is 112 Å². The second kappa shape index (κ2) is 5.00. The topological polar surface area (TPSA) is 110 Å². The van der Waals surface area contributed by atoms with E-state index in [1.807, 2.05) is 13.8 Å². The molecule has 19 heavy (non-hydrogen) atoms. The standard InChI is InChI=1S/C10H17N5O3S/c1-10(2)7-15(3-4-18-10)19(16,17)8-5-12-9(14-11)13-6-8/h5-6H,3-4,7,11H2,1-2H3,(H,12,13,14). The second-order valence-electron chi connectivity index (χ2n) is 4.83. The SMILES string of the molecule is CC1(C)CN(S(=O)(=O)c2cnc(NN)nc2)CCO1. The van der Waals surface area contributed by atoms with E-state index in [-0.39, 0.29) is 10.8 Å².